The van der Waals surface area contributed by atoms with Gasteiger partial charge < -0.3 is 41.7 Å². The molecule has 1 saturated carbocycles. The number of nitrogens with one attached hydrogen (secondary N) is 3. The first-order chi connectivity index (χ1) is 24.4. The summed E-state index contributed by atoms with van der Waals surface area (Å²) in [6, 6.07) is 20.9. The molecule has 0 spiro atoms. The molecule has 2 fully saturated rings. The number of carbonyl (C=O) groups is 2. The second-order valence-corrected chi connectivity index (χ2v) is 12.4. The van der Waals surface area contributed by atoms with E-state index in [-0.39, 0.29) is 18.0 Å². The number of nitrogens with two attached hydrogens (primary N) is 1. The van der Waals surface area contributed by atoms with E-state index in [0.717, 1.165) is 36.8 Å². The zero-order valence-electron chi connectivity index (χ0n) is 27.7. The normalized spacial score (nSPS) is 23.4. The molecule has 2 aliphatic rings. The van der Waals surface area contributed by atoms with Gasteiger partial charge in [-0.1, -0.05) is 60.7 Å². The largest absolute Gasteiger partial charge is 0.490 e. The lowest BCUT2D eigenvalue weighted by molar-refractivity contribution is -0.192. The van der Waals surface area contributed by atoms with Crippen molar-refractivity contribution in [3.05, 3.63) is 78.1 Å². The number of likely N-dealkylation sites (N-methyl/N-ethyl adjacent to an activating group) is 1. The monoisotopic (exact) mass is 714 g/mol. The molecule has 0 bridgehead atoms. The minimum Gasteiger partial charge on any atom is -0.475 e. The molecule has 1 aliphatic heterocycles. The van der Waals surface area contributed by atoms with Crippen molar-refractivity contribution in [3.8, 4) is 0 Å². The first kappa shape index (κ1) is 37.4. The van der Waals surface area contributed by atoms with E-state index in [1.165, 1.54) is 6.33 Å². The number of benzene rings is 2. The number of ether oxygens (including phenoxy) is 1. The number of aliphatic carboxylic acids is 1. The van der Waals surface area contributed by atoms with E-state index >= 15 is 0 Å². The van der Waals surface area contributed by atoms with Gasteiger partial charge in [-0.25, -0.2) is 9.78 Å². The quantitative estimate of drug-likeness (QED) is 0.126. The molecule has 0 unspecified atom stereocenters. The number of hydrogen-bond acceptors (Lipinski definition) is 11. The summed E-state index contributed by atoms with van der Waals surface area (Å²) in [5, 5.41) is 38.4. The number of imidazole rings is 1. The number of halogens is 3. The molecule has 17 heteroatoms. The van der Waals surface area contributed by atoms with Gasteiger partial charge >= 0.3 is 12.1 Å². The van der Waals surface area contributed by atoms with Crippen molar-refractivity contribution in [1.82, 2.24) is 24.8 Å². The van der Waals surface area contributed by atoms with E-state index in [4.69, 9.17) is 30.3 Å². The lowest BCUT2D eigenvalue weighted by Crippen LogP contribution is -2.42. The number of aromatic nitrogens is 4. The fraction of sp³-hybridized carbons (Fsp3) is 0.441. The Kier molecular flexibility index (Phi) is 12.1. The molecular weight excluding hydrogens is 673 g/mol. The van der Waals surface area contributed by atoms with E-state index in [2.05, 4.69) is 45.2 Å². The minimum absolute atomic E-state index is 0.0358. The molecule has 1 amide bonds. The van der Waals surface area contributed by atoms with Crippen molar-refractivity contribution in [2.45, 2.75) is 81.3 Å². The number of nitrogens with zero attached hydrogens (tertiary/aromatic N) is 4. The van der Waals surface area contributed by atoms with E-state index in [1.54, 1.807) is 11.5 Å². The lowest BCUT2D eigenvalue weighted by atomic mass is 9.91. The number of amides is 1. The second-order valence-electron chi connectivity index (χ2n) is 12.4. The van der Waals surface area contributed by atoms with Crippen LogP contribution in [0.3, 0.4) is 0 Å². The minimum atomic E-state index is -5.08. The van der Waals surface area contributed by atoms with Gasteiger partial charge in [0.1, 0.15) is 12.2 Å². The van der Waals surface area contributed by atoms with Crippen molar-refractivity contribution in [2.75, 3.05) is 23.7 Å². The van der Waals surface area contributed by atoms with Gasteiger partial charge in [0.15, 0.2) is 29.3 Å². The number of carbonyl (C=O) groups excluding carboxylic acids is 1. The number of hydrogen-bond donors (Lipinski definition) is 7. The molecule has 274 valence electrons. The SMILES string of the molecule is CCNC(=O)[C@H]1O[C@@H](n2cnc3c(NCC(c4ccccc4)c4ccccc4)nc(NC4CCC(N)CC4)nc32)[C@H](O)[C@@H]1O.O=C(O)C(F)(F)F. The summed E-state index contributed by atoms with van der Waals surface area (Å²) in [4.78, 5) is 35.7. The fourth-order valence-electron chi connectivity index (χ4n) is 6.12. The molecule has 6 rings (SSSR count). The van der Waals surface area contributed by atoms with Crippen molar-refractivity contribution < 1.29 is 42.8 Å². The highest BCUT2D eigenvalue weighted by atomic mass is 19.4. The number of aliphatic hydroxyl groups excluding tert-OH is 2. The third kappa shape index (κ3) is 9.10. The summed E-state index contributed by atoms with van der Waals surface area (Å²) < 4.78 is 39.2. The van der Waals surface area contributed by atoms with Crippen LogP contribution in [0.15, 0.2) is 67.0 Å². The molecular formula is C34H41F3N8O6. The molecule has 0 radical (unpaired) electrons. The number of fused-ring (bicyclic) bond motifs is 1. The predicted octanol–water partition coefficient (Wildman–Crippen LogP) is 3.14. The van der Waals surface area contributed by atoms with Gasteiger partial charge in [0, 0.05) is 31.1 Å². The molecule has 8 N–H and O–H groups in total. The third-order valence-corrected chi connectivity index (χ3v) is 8.77. The van der Waals surface area contributed by atoms with Crippen molar-refractivity contribution in [1.29, 1.82) is 0 Å². The number of carboxylic acids is 1. The van der Waals surface area contributed by atoms with Crippen LogP contribution in [0.25, 0.3) is 11.2 Å². The number of rotatable bonds is 10. The molecule has 1 aliphatic carbocycles. The van der Waals surface area contributed by atoms with Crippen LogP contribution in [0.1, 0.15) is 55.9 Å². The Morgan fingerprint density at radius 2 is 1.57 bits per heavy atom. The average molecular weight is 715 g/mol. The van der Waals surface area contributed by atoms with Crippen LogP contribution in [0, 0.1) is 0 Å². The first-order valence-electron chi connectivity index (χ1n) is 16.6. The summed E-state index contributed by atoms with van der Waals surface area (Å²) >= 11 is 0. The van der Waals surface area contributed by atoms with Crippen LogP contribution >= 0.6 is 0 Å². The zero-order valence-corrected chi connectivity index (χ0v) is 27.7. The van der Waals surface area contributed by atoms with Crippen molar-refractivity contribution in [3.63, 3.8) is 0 Å². The van der Waals surface area contributed by atoms with Gasteiger partial charge in [-0.2, -0.15) is 23.1 Å². The number of anilines is 2. The first-order valence-corrected chi connectivity index (χ1v) is 16.6. The summed E-state index contributed by atoms with van der Waals surface area (Å²) in [6.45, 7) is 2.68. The van der Waals surface area contributed by atoms with E-state index < -0.39 is 42.6 Å². The maximum absolute atomic E-state index is 12.5. The molecule has 14 nitrogen and oxygen atoms in total. The Hall–Kier alpha value is -4.84. The average Bonchev–Trinajstić information content (AvgIpc) is 3.66. The Morgan fingerprint density at radius 1 is 0.980 bits per heavy atom. The Balaban J connectivity index is 0.000000654. The molecule has 4 aromatic rings. The molecule has 2 aromatic carbocycles. The van der Waals surface area contributed by atoms with Crippen LogP contribution in [0.4, 0.5) is 24.9 Å². The van der Waals surface area contributed by atoms with Crippen LogP contribution in [0.2, 0.25) is 0 Å². The van der Waals surface area contributed by atoms with E-state index in [9.17, 15) is 28.2 Å². The van der Waals surface area contributed by atoms with Crippen LogP contribution in [-0.4, -0.2) is 96.4 Å². The Labute approximate surface area is 291 Å². The van der Waals surface area contributed by atoms with E-state index in [0.29, 0.717) is 36.0 Å². The standard InChI is InChI=1S/C32H40N8O4.C2HF3O2/c1-2-34-30(43)27-25(41)26(42)31(44-27)40-18-36-24-28(38-32(39-29(24)40)37-22-15-13-21(33)14-16-22)35-17-23(19-9-5-3-6-10-19)20-11-7-4-8-12-20;3-2(4,5)1(6)7/h3-12,18,21-23,25-27,31,41-42H,2,13-17,33H2,1H3,(H,34,43)(H2,35,37,38,39);(H,6,7)/t21?,22?,25-,26+,27-,31+;/m0./s1. The molecule has 1 saturated heterocycles. The lowest BCUT2D eigenvalue weighted by Gasteiger charge is -2.27. The predicted molar refractivity (Wildman–Crippen MR) is 181 cm³/mol. The maximum Gasteiger partial charge on any atom is 0.490 e. The summed E-state index contributed by atoms with van der Waals surface area (Å²) in [7, 11) is 0. The van der Waals surface area contributed by atoms with Gasteiger partial charge in [-0.15, -0.1) is 0 Å². The van der Waals surface area contributed by atoms with Crippen molar-refractivity contribution >= 4 is 34.8 Å². The van der Waals surface area contributed by atoms with Gasteiger partial charge in [-0.3, -0.25) is 9.36 Å². The summed E-state index contributed by atoms with van der Waals surface area (Å²) in [6.07, 6.45) is -5.03. The van der Waals surface area contributed by atoms with E-state index in [1.807, 2.05) is 36.4 Å². The smallest absolute Gasteiger partial charge is 0.475 e. The van der Waals surface area contributed by atoms with Gasteiger partial charge in [0.2, 0.25) is 5.95 Å². The number of alkyl halides is 3. The molecule has 51 heavy (non-hydrogen) atoms. The topological polar surface area (TPSA) is 210 Å². The zero-order chi connectivity index (χ0) is 36.7. The van der Waals surface area contributed by atoms with Crippen molar-refractivity contribution in [2.24, 2.45) is 5.73 Å². The van der Waals surface area contributed by atoms with Crippen LogP contribution in [0.5, 0.6) is 0 Å². The third-order valence-electron chi connectivity index (χ3n) is 8.77. The van der Waals surface area contributed by atoms with Gasteiger partial charge in [0.25, 0.3) is 5.91 Å². The highest BCUT2D eigenvalue weighted by molar-refractivity contribution is 5.85. The molecule has 4 atom stereocenters. The summed E-state index contributed by atoms with van der Waals surface area (Å²) in [5.41, 5.74) is 9.34. The fourth-order valence-corrected chi connectivity index (χ4v) is 6.12. The highest BCUT2D eigenvalue weighted by Gasteiger charge is 2.47. The second kappa shape index (κ2) is 16.5. The summed E-state index contributed by atoms with van der Waals surface area (Å²) in [5.74, 6) is -2.28. The highest BCUT2D eigenvalue weighted by Crippen LogP contribution is 2.34. The number of carboxylic acid groups (broad SMARTS) is 1. The Morgan fingerprint density at radius 3 is 2.12 bits per heavy atom. The Bertz CT molecular complexity index is 1720. The van der Waals surface area contributed by atoms with Crippen LogP contribution in [-0.2, 0) is 14.3 Å². The molecule has 3 heterocycles. The number of aliphatic hydroxyl groups is 2. The van der Waals surface area contributed by atoms with Crippen LogP contribution < -0.4 is 21.7 Å². The van der Waals surface area contributed by atoms with Gasteiger partial charge in [0.05, 0.1) is 6.33 Å². The van der Waals surface area contributed by atoms with Gasteiger partial charge in [-0.05, 0) is 43.7 Å². The maximum atomic E-state index is 12.5. The molecule has 2 aromatic heterocycles.